The van der Waals surface area contributed by atoms with Crippen LogP contribution in [0.15, 0.2) is 65.7 Å². The second-order valence-corrected chi connectivity index (χ2v) is 12.9. The number of amides is 1. The van der Waals surface area contributed by atoms with Gasteiger partial charge in [-0.1, -0.05) is 53.3 Å². The van der Waals surface area contributed by atoms with Gasteiger partial charge in [-0.25, -0.2) is 18.2 Å². The quantitative estimate of drug-likeness (QED) is 0.348. The number of rotatable bonds is 6. The molecule has 4 aromatic rings. The van der Waals surface area contributed by atoms with Crippen LogP contribution in [0.2, 0.25) is 5.02 Å². The van der Waals surface area contributed by atoms with Gasteiger partial charge in [0.05, 0.1) is 23.0 Å². The van der Waals surface area contributed by atoms with Crippen molar-refractivity contribution in [1.82, 2.24) is 15.3 Å². The normalized spacial score (nSPS) is 15.4. The van der Waals surface area contributed by atoms with Gasteiger partial charge in [0.25, 0.3) is 0 Å². The van der Waals surface area contributed by atoms with E-state index in [0.717, 1.165) is 0 Å². The van der Waals surface area contributed by atoms with E-state index >= 15 is 0 Å². The Morgan fingerprint density at radius 1 is 1.21 bits per heavy atom. The SMILES string of the molecule is CS(=O)(=O)C1CCN(c2ncc(OC(=O)NC(c3ccccc3)c3c[nH]c4cc(Cl)ccc4c3=O)s2)CC1. The van der Waals surface area contributed by atoms with E-state index in [1.165, 1.54) is 23.8 Å². The van der Waals surface area contributed by atoms with E-state index in [1.54, 1.807) is 24.4 Å². The fourth-order valence-corrected chi connectivity index (χ4v) is 6.63. The van der Waals surface area contributed by atoms with E-state index in [9.17, 15) is 18.0 Å². The molecule has 2 aromatic carbocycles. The van der Waals surface area contributed by atoms with Crippen LogP contribution in [0.25, 0.3) is 10.9 Å². The summed E-state index contributed by atoms with van der Waals surface area (Å²) in [6.07, 6.45) is 4.63. The van der Waals surface area contributed by atoms with E-state index in [4.69, 9.17) is 16.3 Å². The summed E-state index contributed by atoms with van der Waals surface area (Å²) >= 11 is 7.27. The molecule has 198 valence electrons. The first-order valence-corrected chi connectivity index (χ1v) is 15.1. The van der Waals surface area contributed by atoms with Crippen molar-refractivity contribution < 1.29 is 17.9 Å². The first kappa shape index (κ1) is 26.2. The van der Waals surface area contributed by atoms with Crippen LogP contribution in [0, 0.1) is 0 Å². The standard InChI is InChI=1S/C26H25ClN4O5S2/c1-38(34,35)18-9-11-31(12-10-18)25-29-15-22(37-25)36-26(33)30-23(16-5-3-2-4-6-16)20-14-28-21-13-17(27)7-8-19(21)24(20)32/h2-8,13-15,18,23H,9-12H2,1H3,(H,28,32)(H,30,33). The predicted molar refractivity (Wildman–Crippen MR) is 149 cm³/mol. The zero-order valence-corrected chi connectivity index (χ0v) is 22.8. The second-order valence-electron chi connectivity index (χ2n) is 9.12. The molecule has 1 amide bonds. The van der Waals surface area contributed by atoms with Gasteiger partial charge in [0.2, 0.25) is 5.06 Å². The summed E-state index contributed by atoms with van der Waals surface area (Å²) in [6, 6.07) is 13.3. The van der Waals surface area contributed by atoms with Crippen LogP contribution in [0.3, 0.4) is 0 Å². The minimum Gasteiger partial charge on any atom is -0.397 e. The molecular formula is C26H25ClN4O5S2. The van der Waals surface area contributed by atoms with Crippen LogP contribution < -0.4 is 20.4 Å². The third-order valence-corrected chi connectivity index (χ3v) is 9.41. The number of ether oxygens (including phenoxy) is 1. The van der Waals surface area contributed by atoms with Gasteiger partial charge in [-0.3, -0.25) is 4.79 Å². The average molecular weight is 573 g/mol. The number of fused-ring (bicyclic) bond motifs is 1. The summed E-state index contributed by atoms with van der Waals surface area (Å²) in [4.78, 5) is 35.8. The summed E-state index contributed by atoms with van der Waals surface area (Å²) < 4.78 is 29.2. The van der Waals surface area contributed by atoms with E-state index in [1.807, 2.05) is 35.2 Å². The van der Waals surface area contributed by atoms with Crippen molar-refractivity contribution in [1.29, 1.82) is 0 Å². The lowest BCUT2D eigenvalue weighted by Gasteiger charge is -2.30. The largest absolute Gasteiger partial charge is 0.414 e. The molecule has 1 aliphatic rings. The maximum atomic E-state index is 13.4. The van der Waals surface area contributed by atoms with Crippen molar-refractivity contribution in [2.45, 2.75) is 24.1 Å². The molecular weight excluding hydrogens is 548 g/mol. The monoisotopic (exact) mass is 572 g/mol. The maximum Gasteiger partial charge on any atom is 0.414 e. The molecule has 5 rings (SSSR count). The van der Waals surface area contributed by atoms with E-state index in [0.29, 0.717) is 58.1 Å². The zero-order chi connectivity index (χ0) is 26.9. The van der Waals surface area contributed by atoms with Gasteiger partial charge in [-0.05, 0) is 36.6 Å². The Labute approximate surface area is 228 Å². The number of halogens is 1. The number of carbonyl (C=O) groups is 1. The smallest absolute Gasteiger partial charge is 0.397 e. The summed E-state index contributed by atoms with van der Waals surface area (Å²) in [5.41, 5.74) is 1.42. The highest BCUT2D eigenvalue weighted by Gasteiger charge is 2.28. The molecule has 2 N–H and O–H groups in total. The van der Waals surface area contributed by atoms with Crippen molar-refractivity contribution >= 4 is 54.9 Å². The van der Waals surface area contributed by atoms with Gasteiger partial charge in [0.15, 0.2) is 10.6 Å². The van der Waals surface area contributed by atoms with Crippen molar-refractivity contribution in [3.63, 3.8) is 0 Å². The van der Waals surface area contributed by atoms with Gasteiger partial charge in [0.1, 0.15) is 9.84 Å². The molecule has 0 bridgehead atoms. The molecule has 1 aliphatic heterocycles. The molecule has 0 saturated carbocycles. The van der Waals surface area contributed by atoms with Gasteiger partial charge in [-0.2, -0.15) is 0 Å². The number of aromatic nitrogens is 2. The number of H-pyrrole nitrogens is 1. The fourth-order valence-electron chi connectivity index (χ4n) is 4.57. The maximum absolute atomic E-state index is 13.4. The number of thiazole rings is 1. The van der Waals surface area contributed by atoms with Gasteiger partial charge < -0.3 is 19.9 Å². The molecule has 12 heteroatoms. The third-order valence-electron chi connectivity index (χ3n) is 6.56. The molecule has 38 heavy (non-hydrogen) atoms. The summed E-state index contributed by atoms with van der Waals surface area (Å²) in [5.74, 6) is 0. The van der Waals surface area contributed by atoms with Crippen LogP contribution >= 0.6 is 22.9 Å². The molecule has 3 heterocycles. The molecule has 2 aromatic heterocycles. The fraction of sp³-hybridized carbons (Fsp3) is 0.269. The van der Waals surface area contributed by atoms with Crippen LogP contribution in [0.4, 0.5) is 9.93 Å². The van der Waals surface area contributed by atoms with Gasteiger partial charge in [0, 0.05) is 41.5 Å². The molecule has 0 radical (unpaired) electrons. The van der Waals surface area contributed by atoms with E-state index in [-0.39, 0.29) is 15.7 Å². The molecule has 1 atom stereocenters. The molecule has 1 unspecified atom stereocenters. The Kier molecular flexibility index (Phi) is 7.42. The van der Waals surface area contributed by atoms with Crippen LogP contribution in [-0.4, -0.2) is 49.1 Å². The number of pyridine rings is 1. The Morgan fingerprint density at radius 3 is 2.66 bits per heavy atom. The van der Waals surface area contributed by atoms with Crippen LogP contribution in [0.5, 0.6) is 5.06 Å². The highest BCUT2D eigenvalue weighted by atomic mass is 35.5. The topological polar surface area (TPSA) is 121 Å². The number of aromatic amines is 1. The Bertz CT molecular complexity index is 1630. The summed E-state index contributed by atoms with van der Waals surface area (Å²) in [5, 5.41) is 4.38. The van der Waals surface area contributed by atoms with E-state index < -0.39 is 22.0 Å². The lowest BCUT2D eigenvalue weighted by Crippen LogP contribution is -2.38. The Hall–Kier alpha value is -3.41. The molecule has 0 spiro atoms. The number of piperidine rings is 1. The van der Waals surface area contributed by atoms with Crippen LogP contribution in [-0.2, 0) is 9.84 Å². The molecule has 0 aliphatic carbocycles. The van der Waals surface area contributed by atoms with Gasteiger partial charge in [-0.15, -0.1) is 0 Å². The predicted octanol–water partition coefficient (Wildman–Crippen LogP) is 4.53. The first-order valence-electron chi connectivity index (χ1n) is 11.9. The minimum atomic E-state index is -3.07. The second kappa shape index (κ2) is 10.8. The van der Waals surface area contributed by atoms with Crippen LogP contribution in [0.1, 0.15) is 30.0 Å². The average Bonchev–Trinajstić information content (AvgIpc) is 3.36. The number of hydrogen-bond donors (Lipinski definition) is 2. The van der Waals surface area contributed by atoms with Crippen molar-refractivity contribution in [2.24, 2.45) is 0 Å². The van der Waals surface area contributed by atoms with Crippen molar-refractivity contribution in [2.75, 3.05) is 24.2 Å². The highest BCUT2D eigenvalue weighted by Crippen LogP contribution is 2.32. The number of sulfone groups is 1. The Balaban J connectivity index is 1.33. The Morgan fingerprint density at radius 2 is 1.95 bits per heavy atom. The highest BCUT2D eigenvalue weighted by molar-refractivity contribution is 7.91. The number of hydrogen-bond acceptors (Lipinski definition) is 8. The number of benzene rings is 2. The third kappa shape index (κ3) is 5.69. The summed E-state index contributed by atoms with van der Waals surface area (Å²) in [6.45, 7) is 1.12. The molecule has 1 saturated heterocycles. The first-order chi connectivity index (χ1) is 18.2. The minimum absolute atomic E-state index is 0.234. The zero-order valence-electron chi connectivity index (χ0n) is 20.4. The summed E-state index contributed by atoms with van der Waals surface area (Å²) in [7, 11) is -3.07. The van der Waals surface area contributed by atoms with Crippen molar-refractivity contribution in [3.05, 3.63) is 87.3 Å². The number of nitrogens with zero attached hydrogens (tertiary/aromatic N) is 2. The van der Waals surface area contributed by atoms with E-state index in [2.05, 4.69) is 15.3 Å². The van der Waals surface area contributed by atoms with Crippen molar-refractivity contribution in [3.8, 4) is 5.06 Å². The lowest BCUT2D eigenvalue weighted by molar-refractivity contribution is 0.199. The molecule has 1 fully saturated rings. The molecule has 9 nitrogen and oxygen atoms in total. The lowest BCUT2D eigenvalue weighted by atomic mass is 9.98. The number of nitrogens with one attached hydrogen (secondary N) is 2. The number of anilines is 1. The number of carbonyl (C=O) groups excluding carboxylic acids is 1. The van der Waals surface area contributed by atoms with Gasteiger partial charge >= 0.3 is 6.09 Å².